The van der Waals surface area contributed by atoms with Crippen LogP contribution in [0.15, 0.2) is 24.3 Å². The third-order valence-corrected chi connectivity index (χ3v) is 7.50. The molecule has 6 nitrogen and oxygen atoms in total. The van der Waals surface area contributed by atoms with Gasteiger partial charge in [-0.05, 0) is 49.6 Å². The van der Waals surface area contributed by atoms with Crippen LogP contribution in [0.2, 0.25) is 0 Å². The molecule has 2 aromatic carbocycles. The molecule has 4 rings (SSSR count). The van der Waals surface area contributed by atoms with Gasteiger partial charge in [0.05, 0.1) is 24.7 Å². The molecule has 2 aromatic rings. The van der Waals surface area contributed by atoms with Gasteiger partial charge in [-0.3, -0.25) is 5.41 Å². The van der Waals surface area contributed by atoms with Gasteiger partial charge in [0.25, 0.3) is 0 Å². The number of hydrogen-bond acceptors (Lipinski definition) is 5. The van der Waals surface area contributed by atoms with Crippen molar-refractivity contribution < 1.29 is 18.7 Å². The van der Waals surface area contributed by atoms with E-state index in [9.17, 15) is 4.79 Å². The molecule has 0 saturated carbocycles. The Morgan fingerprint density at radius 1 is 1.24 bits per heavy atom. The fourth-order valence-corrected chi connectivity index (χ4v) is 5.17. The molecule has 0 saturated heterocycles. The highest BCUT2D eigenvalue weighted by molar-refractivity contribution is 6.01. The van der Waals surface area contributed by atoms with Crippen LogP contribution in [0.3, 0.4) is 0 Å². The summed E-state index contributed by atoms with van der Waals surface area (Å²) < 4.78 is 26.5. The Hall–Kier alpha value is -3.09. The van der Waals surface area contributed by atoms with Gasteiger partial charge in [-0.1, -0.05) is 26.0 Å². The van der Waals surface area contributed by atoms with Gasteiger partial charge in [-0.2, -0.15) is 0 Å². The van der Waals surface area contributed by atoms with E-state index < -0.39 is 11.7 Å². The Labute approximate surface area is 201 Å². The van der Waals surface area contributed by atoms with Crippen molar-refractivity contribution in [3.05, 3.63) is 52.3 Å². The average molecular weight is 468 g/mol. The van der Waals surface area contributed by atoms with Crippen LogP contribution in [-0.4, -0.2) is 49.9 Å². The van der Waals surface area contributed by atoms with Gasteiger partial charge < -0.3 is 24.1 Å². The predicted molar refractivity (Wildman–Crippen MR) is 132 cm³/mol. The number of halogens is 1. The maximum absolute atomic E-state index is 15.4. The number of carbonyl (C=O) groups excluding carboxylic acids is 1. The molecular weight excluding hydrogens is 433 g/mol. The van der Waals surface area contributed by atoms with Gasteiger partial charge in [0.2, 0.25) is 0 Å². The van der Waals surface area contributed by atoms with Crippen molar-refractivity contribution >= 4 is 17.8 Å². The summed E-state index contributed by atoms with van der Waals surface area (Å²) in [5.41, 5.74) is 4.17. The summed E-state index contributed by atoms with van der Waals surface area (Å²) in [6, 6.07) is 8.31. The zero-order valence-corrected chi connectivity index (χ0v) is 20.9. The highest BCUT2D eigenvalue weighted by Crippen LogP contribution is 2.45. The quantitative estimate of drug-likeness (QED) is 0.562. The average Bonchev–Trinajstić information content (AvgIpc) is 3.21. The van der Waals surface area contributed by atoms with E-state index in [1.54, 1.807) is 17.9 Å². The summed E-state index contributed by atoms with van der Waals surface area (Å²) >= 11 is 0. The van der Waals surface area contributed by atoms with Gasteiger partial charge in [-0.15, -0.1) is 0 Å². The highest BCUT2D eigenvalue weighted by atomic mass is 19.1. The van der Waals surface area contributed by atoms with E-state index in [1.165, 1.54) is 11.3 Å². The molecule has 7 heteroatoms. The van der Waals surface area contributed by atoms with Crippen LogP contribution in [-0.2, 0) is 16.8 Å². The Morgan fingerprint density at radius 3 is 2.59 bits per heavy atom. The van der Waals surface area contributed by atoms with Gasteiger partial charge in [0.15, 0.2) is 17.3 Å². The van der Waals surface area contributed by atoms with Crippen molar-refractivity contribution in [2.45, 2.75) is 58.5 Å². The number of benzene rings is 2. The van der Waals surface area contributed by atoms with Gasteiger partial charge in [0.1, 0.15) is 12.1 Å². The number of aldehydes is 1. The van der Waals surface area contributed by atoms with Crippen molar-refractivity contribution in [1.29, 1.82) is 5.41 Å². The molecule has 0 spiro atoms. The molecule has 34 heavy (non-hydrogen) atoms. The van der Waals surface area contributed by atoms with E-state index in [0.29, 0.717) is 43.7 Å². The molecule has 2 atom stereocenters. The Bertz CT molecular complexity index is 1130. The number of hydrogen-bond donors (Lipinski definition) is 1. The van der Waals surface area contributed by atoms with Crippen molar-refractivity contribution in [3.8, 4) is 11.5 Å². The summed E-state index contributed by atoms with van der Waals surface area (Å²) in [6.45, 7) is 11.6. The number of rotatable bonds is 8. The first-order valence-corrected chi connectivity index (χ1v) is 11.9. The second kappa shape index (κ2) is 8.93. The lowest BCUT2D eigenvalue weighted by Crippen LogP contribution is -2.36. The molecule has 0 amide bonds. The fraction of sp³-hybridized carbons (Fsp3) is 0.481. The third kappa shape index (κ3) is 3.71. The Morgan fingerprint density at radius 2 is 1.94 bits per heavy atom. The number of nitrogens with zero attached hydrogens (tertiary/aromatic N) is 2. The van der Waals surface area contributed by atoms with E-state index >= 15 is 4.39 Å². The lowest BCUT2D eigenvalue weighted by atomic mass is 9.80. The third-order valence-electron chi connectivity index (χ3n) is 7.50. The Balaban J connectivity index is 1.63. The molecule has 0 aromatic heterocycles. The Kier molecular flexibility index (Phi) is 6.32. The largest absolute Gasteiger partial charge is 0.490 e. The SMILES string of the molecule is CCOc1cc2c(c(F)c1OCC)C(=N)N(CC(C=O)c1ccc3c(c1)C(C)(C)C(C)N3C)C2. The zero-order valence-electron chi connectivity index (χ0n) is 20.9. The van der Waals surface area contributed by atoms with Gasteiger partial charge in [0, 0.05) is 37.3 Å². The minimum absolute atomic E-state index is 0.0423. The maximum Gasteiger partial charge on any atom is 0.197 e. The molecule has 2 aliphatic heterocycles. The van der Waals surface area contributed by atoms with Crippen molar-refractivity contribution in [3.63, 3.8) is 0 Å². The molecule has 182 valence electrons. The maximum atomic E-state index is 15.4. The second-order valence-electron chi connectivity index (χ2n) is 9.67. The lowest BCUT2D eigenvalue weighted by molar-refractivity contribution is -0.109. The molecule has 2 aliphatic rings. The van der Waals surface area contributed by atoms with Crippen LogP contribution in [0, 0.1) is 11.2 Å². The van der Waals surface area contributed by atoms with Crippen LogP contribution in [0.4, 0.5) is 10.1 Å². The number of amidine groups is 1. The van der Waals surface area contributed by atoms with Crippen molar-refractivity contribution in [2.75, 3.05) is 31.7 Å². The van der Waals surface area contributed by atoms with Gasteiger partial charge in [-0.25, -0.2) is 4.39 Å². The van der Waals surface area contributed by atoms with E-state index in [1.807, 2.05) is 13.0 Å². The first-order valence-electron chi connectivity index (χ1n) is 11.9. The van der Waals surface area contributed by atoms with Gasteiger partial charge >= 0.3 is 0 Å². The van der Waals surface area contributed by atoms with Crippen LogP contribution in [0.5, 0.6) is 11.5 Å². The molecule has 2 unspecified atom stereocenters. The number of ether oxygens (including phenoxy) is 2. The molecule has 2 heterocycles. The highest BCUT2D eigenvalue weighted by Gasteiger charge is 2.41. The molecule has 0 fully saturated rings. The standard InChI is InChI=1S/C27H34FN3O3/c1-7-33-22-12-18-13-31(26(29)23(18)24(28)25(22)34-8-2)14-19(15-32)17-9-10-21-20(11-17)27(4,5)16(3)30(21)6/h9-12,15-16,19,29H,7-8,13-14H2,1-6H3. The number of fused-ring (bicyclic) bond motifs is 2. The second-order valence-corrected chi connectivity index (χ2v) is 9.67. The fourth-order valence-electron chi connectivity index (χ4n) is 5.17. The molecular formula is C27H34FN3O3. The van der Waals surface area contributed by atoms with Crippen LogP contribution < -0.4 is 14.4 Å². The first kappa shape index (κ1) is 24.0. The van der Waals surface area contributed by atoms with Crippen molar-refractivity contribution in [1.82, 2.24) is 4.90 Å². The smallest absolute Gasteiger partial charge is 0.197 e. The van der Waals surface area contributed by atoms with E-state index in [0.717, 1.165) is 11.8 Å². The molecule has 0 bridgehead atoms. The summed E-state index contributed by atoms with van der Waals surface area (Å²) in [5.74, 6) is -0.549. The molecule has 0 aliphatic carbocycles. The number of carbonyl (C=O) groups is 1. The minimum Gasteiger partial charge on any atom is -0.490 e. The number of likely N-dealkylation sites (N-methyl/N-ethyl adjacent to an activating group) is 1. The number of anilines is 1. The lowest BCUT2D eigenvalue weighted by Gasteiger charge is -2.28. The first-order chi connectivity index (χ1) is 16.1. The normalized spacial score (nSPS) is 19.1. The predicted octanol–water partition coefficient (Wildman–Crippen LogP) is 4.86. The number of nitrogens with one attached hydrogen (secondary N) is 1. The minimum atomic E-state index is -0.575. The zero-order chi connectivity index (χ0) is 24.8. The molecule has 0 radical (unpaired) electrons. The van der Waals surface area contributed by atoms with E-state index in [-0.39, 0.29) is 22.6 Å². The van der Waals surface area contributed by atoms with E-state index in [4.69, 9.17) is 14.9 Å². The van der Waals surface area contributed by atoms with Crippen LogP contribution in [0.25, 0.3) is 0 Å². The van der Waals surface area contributed by atoms with Crippen LogP contribution >= 0.6 is 0 Å². The summed E-state index contributed by atoms with van der Waals surface area (Å²) in [5, 5.41) is 8.67. The topological polar surface area (TPSA) is 65.9 Å². The van der Waals surface area contributed by atoms with E-state index in [2.05, 4.69) is 44.9 Å². The van der Waals surface area contributed by atoms with Crippen molar-refractivity contribution in [2.24, 2.45) is 0 Å². The summed E-state index contributed by atoms with van der Waals surface area (Å²) in [7, 11) is 2.10. The monoisotopic (exact) mass is 467 g/mol. The summed E-state index contributed by atoms with van der Waals surface area (Å²) in [4.78, 5) is 16.2. The summed E-state index contributed by atoms with van der Waals surface area (Å²) in [6.07, 6.45) is 0.931. The molecule has 1 N–H and O–H groups in total. The van der Waals surface area contributed by atoms with Crippen LogP contribution in [0.1, 0.15) is 62.8 Å².